The summed E-state index contributed by atoms with van der Waals surface area (Å²) in [5.41, 5.74) is 0. The van der Waals surface area contributed by atoms with Crippen LogP contribution in [0.2, 0.25) is 0 Å². The maximum Gasteiger partial charge on any atom is 0.306 e. The summed E-state index contributed by atoms with van der Waals surface area (Å²) in [4.78, 5) is 10.9. The van der Waals surface area contributed by atoms with E-state index >= 15 is 0 Å². The molecule has 2 bridgehead atoms. The lowest BCUT2D eigenvalue weighted by molar-refractivity contribution is -0.141. The lowest BCUT2D eigenvalue weighted by Gasteiger charge is -2.23. The largest absolute Gasteiger partial charge is 0.481 e. The van der Waals surface area contributed by atoms with Crippen LogP contribution in [-0.4, -0.2) is 11.1 Å². The van der Waals surface area contributed by atoms with Gasteiger partial charge >= 0.3 is 5.97 Å². The second-order valence-corrected chi connectivity index (χ2v) is 5.17. The Hall–Kier alpha value is -0.530. The summed E-state index contributed by atoms with van der Waals surface area (Å²) in [5.74, 6) is 2.84. The van der Waals surface area contributed by atoms with E-state index in [0.717, 1.165) is 36.5 Å². The van der Waals surface area contributed by atoms with E-state index < -0.39 is 5.97 Å². The number of carboxylic acid groups (broad SMARTS) is 1. The van der Waals surface area contributed by atoms with Gasteiger partial charge in [0.2, 0.25) is 0 Å². The van der Waals surface area contributed by atoms with Gasteiger partial charge in [0.1, 0.15) is 0 Å². The zero-order valence-electron chi connectivity index (χ0n) is 9.78. The van der Waals surface area contributed by atoms with Crippen molar-refractivity contribution in [3.63, 3.8) is 0 Å². The third kappa shape index (κ3) is 1.68. The highest BCUT2D eigenvalue weighted by molar-refractivity contribution is 5.70. The zero-order chi connectivity index (χ0) is 11.0. The summed E-state index contributed by atoms with van der Waals surface area (Å²) in [7, 11) is 0. The maximum atomic E-state index is 10.9. The first-order valence-electron chi connectivity index (χ1n) is 6.48. The number of carbonyl (C=O) groups is 1. The second kappa shape index (κ2) is 4.15. The molecule has 4 unspecified atom stereocenters. The van der Waals surface area contributed by atoms with Crippen LogP contribution in [0.25, 0.3) is 0 Å². The minimum absolute atomic E-state index is 0.00148. The lowest BCUT2D eigenvalue weighted by atomic mass is 9.82. The van der Waals surface area contributed by atoms with E-state index in [1.165, 1.54) is 19.3 Å². The van der Waals surface area contributed by atoms with Crippen LogP contribution in [0, 0.1) is 29.6 Å². The van der Waals surface area contributed by atoms with Gasteiger partial charge in [0.15, 0.2) is 0 Å². The number of hydrogen-bond donors (Lipinski definition) is 1. The van der Waals surface area contributed by atoms with Gasteiger partial charge in [-0.05, 0) is 55.8 Å². The van der Waals surface area contributed by atoms with Crippen LogP contribution < -0.4 is 0 Å². The molecule has 15 heavy (non-hydrogen) atoms. The standard InChI is InChI=1S/C11H16O2.C2H6/c12-11(13)8-4-9-6-1-2-7(3-6)10(9)5-8;1-2/h6-10H,1-5H2,(H,12,13);1-2H3. The fraction of sp³-hybridized carbons (Fsp3) is 0.923. The molecule has 2 nitrogen and oxygen atoms in total. The van der Waals surface area contributed by atoms with Crippen molar-refractivity contribution < 1.29 is 9.90 Å². The summed E-state index contributed by atoms with van der Waals surface area (Å²) >= 11 is 0. The smallest absolute Gasteiger partial charge is 0.306 e. The number of fused-ring (bicyclic) bond motifs is 5. The molecule has 0 amide bonds. The van der Waals surface area contributed by atoms with Crippen molar-refractivity contribution in [2.75, 3.05) is 0 Å². The van der Waals surface area contributed by atoms with E-state index in [-0.39, 0.29) is 5.92 Å². The first-order chi connectivity index (χ1) is 7.25. The van der Waals surface area contributed by atoms with E-state index in [1.54, 1.807) is 0 Å². The Morgan fingerprint density at radius 1 is 1.00 bits per heavy atom. The van der Waals surface area contributed by atoms with Gasteiger partial charge in [-0.15, -0.1) is 0 Å². The van der Waals surface area contributed by atoms with Crippen molar-refractivity contribution >= 4 is 5.97 Å². The molecule has 86 valence electrons. The van der Waals surface area contributed by atoms with Crippen molar-refractivity contribution in [2.45, 2.75) is 46.0 Å². The van der Waals surface area contributed by atoms with Crippen LogP contribution in [0.3, 0.4) is 0 Å². The molecule has 0 aromatic heterocycles. The summed E-state index contributed by atoms with van der Waals surface area (Å²) in [6.45, 7) is 4.00. The molecule has 1 N–H and O–H groups in total. The van der Waals surface area contributed by atoms with Gasteiger partial charge in [-0.1, -0.05) is 13.8 Å². The maximum absolute atomic E-state index is 10.9. The topological polar surface area (TPSA) is 37.3 Å². The van der Waals surface area contributed by atoms with Gasteiger partial charge < -0.3 is 5.11 Å². The summed E-state index contributed by atoms with van der Waals surface area (Å²) in [6.07, 6.45) is 6.17. The fourth-order valence-electron chi connectivity index (χ4n) is 4.22. The Bertz CT molecular complexity index is 231. The van der Waals surface area contributed by atoms with E-state index in [0.29, 0.717) is 0 Å². The van der Waals surface area contributed by atoms with Crippen molar-refractivity contribution in [1.29, 1.82) is 0 Å². The second-order valence-electron chi connectivity index (χ2n) is 5.17. The molecular formula is C13H22O2. The van der Waals surface area contributed by atoms with E-state index in [1.807, 2.05) is 13.8 Å². The van der Waals surface area contributed by atoms with Crippen LogP contribution in [0.15, 0.2) is 0 Å². The van der Waals surface area contributed by atoms with Crippen LogP contribution in [0.5, 0.6) is 0 Å². The molecule has 3 aliphatic rings. The summed E-state index contributed by atoms with van der Waals surface area (Å²) in [5, 5.41) is 8.96. The Morgan fingerprint density at radius 2 is 1.47 bits per heavy atom. The SMILES string of the molecule is CC.O=C(O)C1CC2C3CCC(C3)C2C1. The minimum atomic E-state index is -0.547. The fourth-order valence-corrected chi connectivity index (χ4v) is 4.22. The molecule has 0 radical (unpaired) electrons. The van der Waals surface area contributed by atoms with Crippen molar-refractivity contribution in [2.24, 2.45) is 29.6 Å². The third-order valence-corrected chi connectivity index (χ3v) is 4.74. The Kier molecular flexibility index (Phi) is 3.03. The predicted octanol–water partition coefficient (Wildman–Crippen LogP) is 3.17. The molecule has 0 aromatic rings. The molecule has 0 spiro atoms. The van der Waals surface area contributed by atoms with E-state index in [2.05, 4.69) is 0 Å². The van der Waals surface area contributed by atoms with Crippen molar-refractivity contribution in [1.82, 2.24) is 0 Å². The third-order valence-electron chi connectivity index (χ3n) is 4.74. The lowest BCUT2D eigenvalue weighted by Crippen LogP contribution is -2.15. The Balaban J connectivity index is 0.000000404. The number of carboxylic acids is 1. The molecule has 3 fully saturated rings. The van der Waals surface area contributed by atoms with Gasteiger partial charge in [0.05, 0.1) is 5.92 Å². The quantitative estimate of drug-likeness (QED) is 0.721. The average Bonchev–Trinajstić information content (AvgIpc) is 2.93. The highest BCUT2D eigenvalue weighted by Crippen LogP contribution is 2.59. The van der Waals surface area contributed by atoms with Crippen LogP contribution >= 0.6 is 0 Å². The van der Waals surface area contributed by atoms with Gasteiger partial charge in [0.25, 0.3) is 0 Å². The van der Waals surface area contributed by atoms with Crippen molar-refractivity contribution in [3.8, 4) is 0 Å². The molecule has 4 atom stereocenters. The highest BCUT2D eigenvalue weighted by Gasteiger charge is 2.53. The Labute approximate surface area is 92.1 Å². The predicted molar refractivity (Wildman–Crippen MR) is 59.5 cm³/mol. The first kappa shape index (κ1) is 11.0. The van der Waals surface area contributed by atoms with E-state index in [4.69, 9.17) is 5.11 Å². The highest BCUT2D eigenvalue weighted by atomic mass is 16.4. The van der Waals surface area contributed by atoms with Gasteiger partial charge in [-0.2, -0.15) is 0 Å². The van der Waals surface area contributed by atoms with Crippen LogP contribution in [0.1, 0.15) is 46.0 Å². The number of aliphatic carboxylic acids is 1. The normalized spacial score (nSPS) is 45.9. The number of rotatable bonds is 1. The molecule has 0 aliphatic heterocycles. The minimum Gasteiger partial charge on any atom is -0.481 e. The summed E-state index contributed by atoms with van der Waals surface area (Å²) in [6, 6.07) is 0. The first-order valence-corrected chi connectivity index (χ1v) is 6.48. The molecule has 0 saturated heterocycles. The summed E-state index contributed by atoms with van der Waals surface area (Å²) < 4.78 is 0. The number of hydrogen-bond acceptors (Lipinski definition) is 1. The van der Waals surface area contributed by atoms with Crippen molar-refractivity contribution in [3.05, 3.63) is 0 Å². The van der Waals surface area contributed by atoms with Gasteiger partial charge in [-0.25, -0.2) is 0 Å². The van der Waals surface area contributed by atoms with Crippen LogP contribution in [0.4, 0.5) is 0 Å². The van der Waals surface area contributed by atoms with Crippen LogP contribution in [-0.2, 0) is 4.79 Å². The molecule has 3 saturated carbocycles. The molecule has 2 heteroatoms. The molecule has 3 aliphatic carbocycles. The molecule has 0 aromatic carbocycles. The van der Waals surface area contributed by atoms with Gasteiger partial charge in [-0.3, -0.25) is 4.79 Å². The van der Waals surface area contributed by atoms with E-state index in [9.17, 15) is 4.79 Å². The van der Waals surface area contributed by atoms with Gasteiger partial charge in [0, 0.05) is 0 Å². The molecule has 3 rings (SSSR count). The average molecular weight is 210 g/mol. The Morgan fingerprint density at radius 3 is 1.87 bits per heavy atom. The molecule has 0 heterocycles. The monoisotopic (exact) mass is 210 g/mol. The zero-order valence-corrected chi connectivity index (χ0v) is 9.78. The molecular weight excluding hydrogens is 188 g/mol.